The number of aliphatic hydroxyl groups is 1. The van der Waals surface area contributed by atoms with Gasteiger partial charge in [0.1, 0.15) is 6.33 Å². The maximum atomic E-state index is 10.4. The van der Waals surface area contributed by atoms with Crippen LogP contribution in [0.25, 0.3) is 5.69 Å². The second-order valence-electron chi connectivity index (χ2n) is 6.70. The smallest absolute Gasteiger partial charge is 0.195 e. The fourth-order valence-corrected chi connectivity index (χ4v) is 4.25. The van der Waals surface area contributed by atoms with E-state index < -0.39 is 6.10 Å². The van der Waals surface area contributed by atoms with Gasteiger partial charge in [-0.2, -0.15) is 0 Å². The first-order valence-electron chi connectivity index (χ1n) is 9.27. The monoisotopic (exact) mass is 381 g/mol. The molecule has 1 aromatic heterocycles. The normalized spacial score (nSPS) is 17.4. The van der Waals surface area contributed by atoms with Crippen LogP contribution in [0.2, 0.25) is 0 Å². The number of ether oxygens (including phenoxy) is 1. The molecule has 140 valence electrons. The number of benzene rings is 2. The summed E-state index contributed by atoms with van der Waals surface area (Å²) in [7, 11) is 0. The number of thioether (sulfide) groups is 1. The fraction of sp³-hybridized carbons (Fsp3) is 0.333. The topological polar surface area (TPSA) is 60.2 Å². The van der Waals surface area contributed by atoms with Gasteiger partial charge in [0.25, 0.3) is 0 Å². The molecule has 1 aliphatic carbocycles. The lowest BCUT2D eigenvalue weighted by atomic mass is 9.89. The first-order chi connectivity index (χ1) is 13.3. The Kier molecular flexibility index (Phi) is 5.87. The van der Waals surface area contributed by atoms with Crippen LogP contribution in [0, 0.1) is 0 Å². The minimum absolute atomic E-state index is 0.0857. The number of hydrogen-bond acceptors (Lipinski definition) is 5. The lowest BCUT2D eigenvalue weighted by Crippen LogP contribution is -2.22. The molecule has 2 atom stereocenters. The van der Waals surface area contributed by atoms with Gasteiger partial charge in [0.2, 0.25) is 0 Å². The van der Waals surface area contributed by atoms with E-state index in [4.69, 9.17) is 4.74 Å². The van der Waals surface area contributed by atoms with E-state index in [1.165, 1.54) is 22.9 Å². The molecule has 1 N–H and O–H groups in total. The van der Waals surface area contributed by atoms with Crippen LogP contribution in [0.5, 0.6) is 0 Å². The van der Waals surface area contributed by atoms with Crippen molar-refractivity contribution in [1.29, 1.82) is 0 Å². The van der Waals surface area contributed by atoms with Gasteiger partial charge in [0, 0.05) is 11.4 Å². The number of hydrogen-bond donors (Lipinski definition) is 1. The molecule has 4 rings (SSSR count). The van der Waals surface area contributed by atoms with Crippen molar-refractivity contribution in [2.45, 2.75) is 36.6 Å². The Morgan fingerprint density at radius 3 is 2.85 bits per heavy atom. The summed E-state index contributed by atoms with van der Waals surface area (Å²) in [5, 5.41) is 19.3. The molecule has 1 aliphatic rings. The van der Waals surface area contributed by atoms with E-state index in [0.717, 1.165) is 30.1 Å². The Morgan fingerprint density at radius 1 is 1.15 bits per heavy atom. The summed E-state index contributed by atoms with van der Waals surface area (Å²) in [5.74, 6) is 0.514. The highest BCUT2D eigenvalue weighted by Crippen LogP contribution is 2.32. The third-order valence-electron chi connectivity index (χ3n) is 4.76. The number of aryl methyl sites for hydroxylation is 1. The first kappa shape index (κ1) is 18.2. The molecule has 0 fully saturated rings. The van der Waals surface area contributed by atoms with Crippen LogP contribution in [-0.4, -0.2) is 38.3 Å². The van der Waals surface area contributed by atoms with E-state index in [1.807, 2.05) is 34.9 Å². The molecule has 0 unspecified atom stereocenters. The molecule has 6 heteroatoms. The summed E-state index contributed by atoms with van der Waals surface area (Å²) >= 11 is 1.49. The van der Waals surface area contributed by atoms with Crippen LogP contribution in [0.1, 0.15) is 30.1 Å². The predicted molar refractivity (Wildman–Crippen MR) is 106 cm³/mol. The van der Waals surface area contributed by atoms with E-state index in [2.05, 4.69) is 34.5 Å². The Balaban J connectivity index is 1.32. The van der Waals surface area contributed by atoms with Crippen LogP contribution in [-0.2, 0) is 11.2 Å². The van der Waals surface area contributed by atoms with Crippen LogP contribution >= 0.6 is 11.8 Å². The summed E-state index contributed by atoms with van der Waals surface area (Å²) in [6, 6.07) is 18.4. The average Bonchev–Trinajstić information content (AvgIpc) is 3.20. The largest absolute Gasteiger partial charge is 0.390 e. The van der Waals surface area contributed by atoms with Gasteiger partial charge in [-0.05, 0) is 42.5 Å². The average molecular weight is 382 g/mol. The third-order valence-corrected chi connectivity index (χ3v) is 5.85. The molecule has 0 saturated carbocycles. The van der Waals surface area contributed by atoms with E-state index in [0.29, 0.717) is 12.4 Å². The molecular formula is C21H23N3O2S. The highest BCUT2D eigenvalue weighted by molar-refractivity contribution is 7.99. The molecule has 2 aromatic carbocycles. The summed E-state index contributed by atoms with van der Waals surface area (Å²) < 4.78 is 7.98. The van der Waals surface area contributed by atoms with Gasteiger partial charge < -0.3 is 9.84 Å². The molecule has 0 aliphatic heterocycles. The molecule has 3 aromatic rings. The van der Waals surface area contributed by atoms with E-state index in [-0.39, 0.29) is 6.10 Å². The van der Waals surface area contributed by atoms with Crippen molar-refractivity contribution in [2.75, 3.05) is 12.4 Å². The molecule has 0 spiro atoms. The lowest BCUT2D eigenvalue weighted by molar-refractivity contribution is -0.00960. The maximum absolute atomic E-state index is 10.4. The summed E-state index contributed by atoms with van der Waals surface area (Å²) in [4.78, 5) is 0. The van der Waals surface area contributed by atoms with Gasteiger partial charge in [0.15, 0.2) is 5.16 Å². The summed E-state index contributed by atoms with van der Waals surface area (Å²) in [6.45, 7) is 0.325. The highest BCUT2D eigenvalue weighted by Gasteiger charge is 2.21. The number of para-hydroxylation sites is 1. The molecular weight excluding hydrogens is 358 g/mol. The number of rotatable bonds is 7. The van der Waals surface area contributed by atoms with Gasteiger partial charge in [-0.25, -0.2) is 0 Å². The number of aromatic nitrogens is 3. The zero-order chi connectivity index (χ0) is 18.5. The Labute approximate surface area is 163 Å². The van der Waals surface area contributed by atoms with Crippen LogP contribution in [0.15, 0.2) is 66.1 Å². The Bertz CT molecular complexity index is 869. The lowest BCUT2D eigenvalue weighted by Gasteiger charge is -2.26. The van der Waals surface area contributed by atoms with Gasteiger partial charge >= 0.3 is 0 Å². The van der Waals surface area contributed by atoms with Crippen molar-refractivity contribution in [3.63, 3.8) is 0 Å². The van der Waals surface area contributed by atoms with Crippen LogP contribution in [0.3, 0.4) is 0 Å². The zero-order valence-electron chi connectivity index (χ0n) is 15.1. The summed E-state index contributed by atoms with van der Waals surface area (Å²) in [5.41, 5.74) is 3.65. The molecule has 0 bridgehead atoms. The minimum Gasteiger partial charge on any atom is -0.390 e. The zero-order valence-corrected chi connectivity index (χ0v) is 15.9. The second kappa shape index (κ2) is 8.69. The van der Waals surface area contributed by atoms with Gasteiger partial charge in [-0.15, -0.1) is 10.2 Å². The van der Waals surface area contributed by atoms with Crippen molar-refractivity contribution < 1.29 is 9.84 Å². The Morgan fingerprint density at radius 2 is 1.96 bits per heavy atom. The van der Waals surface area contributed by atoms with Gasteiger partial charge in [-0.1, -0.05) is 54.2 Å². The van der Waals surface area contributed by atoms with Crippen molar-refractivity contribution in [3.05, 3.63) is 72.1 Å². The molecule has 0 radical (unpaired) electrons. The molecule has 27 heavy (non-hydrogen) atoms. The predicted octanol–water partition coefficient (Wildman–Crippen LogP) is 3.81. The highest BCUT2D eigenvalue weighted by atomic mass is 32.2. The van der Waals surface area contributed by atoms with Crippen molar-refractivity contribution in [3.8, 4) is 5.69 Å². The standard InChI is InChI=1S/C21H23N3O2S/c25-18(13-26-20-12-6-8-16-7-4-5-11-19(16)20)14-27-21-23-22-15-24(21)17-9-2-1-3-10-17/h1-5,7,9-11,15,18,20,25H,6,8,12-14H2/t18-,20+/m1/s1. The second-order valence-corrected chi connectivity index (χ2v) is 7.68. The molecule has 0 amide bonds. The third kappa shape index (κ3) is 4.40. The first-order valence-corrected chi connectivity index (χ1v) is 10.3. The number of aliphatic hydroxyl groups excluding tert-OH is 1. The number of nitrogens with zero attached hydrogens (tertiary/aromatic N) is 3. The van der Waals surface area contributed by atoms with Crippen LogP contribution in [0.4, 0.5) is 0 Å². The van der Waals surface area contributed by atoms with Gasteiger partial charge in [0.05, 0.1) is 18.8 Å². The molecule has 1 heterocycles. The van der Waals surface area contributed by atoms with Crippen LogP contribution < -0.4 is 0 Å². The van der Waals surface area contributed by atoms with Crippen molar-refractivity contribution in [1.82, 2.24) is 14.8 Å². The Hall–Kier alpha value is -2.15. The maximum Gasteiger partial charge on any atom is 0.195 e. The fourth-order valence-electron chi connectivity index (χ4n) is 3.42. The molecule has 0 saturated heterocycles. The SMILES string of the molecule is O[C@H](CO[C@H]1CCCc2ccccc21)CSc1nncn1-c1ccccc1. The van der Waals surface area contributed by atoms with Crippen molar-refractivity contribution >= 4 is 11.8 Å². The molecule has 5 nitrogen and oxygen atoms in total. The van der Waals surface area contributed by atoms with E-state index >= 15 is 0 Å². The van der Waals surface area contributed by atoms with Crippen molar-refractivity contribution in [2.24, 2.45) is 0 Å². The minimum atomic E-state index is -0.551. The van der Waals surface area contributed by atoms with Gasteiger partial charge in [-0.3, -0.25) is 4.57 Å². The van der Waals surface area contributed by atoms with E-state index in [1.54, 1.807) is 6.33 Å². The van der Waals surface area contributed by atoms with E-state index in [9.17, 15) is 5.11 Å². The quantitative estimate of drug-likeness (QED) is 0.631. The number of fused-ring (bicyclic) bond motifs is 1. The summed E-state index contributed by atoms with van der Waals surface area (Å²) in [6.07, 6.45) is 4.49.